The van der Waals surface area contributed by atoms with E-state index in [1.807, 2.05) is 6.92 Å². The van der Waals surface area contributed by atoms with Crippen molar-refractivity contribution in [3.05, 3.63) is 53.0 Å². The van der Waals surface area contributed by atoms with Gasteiger partial charge in [0.25, 0.3) is 0 Å². The van der Waals surface area contributed by atoms with Crippen LogP contribution in [0.4, 0.5) is 5.82 Å². The van der Waals surface area contributed by atoms with Crippen LogP contribution in [-0.4, -0.2) is 60.5 Å². The number of benzene rings is 1. The van der Waals surface area contributed by atoms with E-state index in [9.17, 15) is 0 Å². The van der Waals surface area contributed by atoms with Crippen molar-refractivity contribution in [2.24, 2.45) is 0 Å². The molecule has 3 rings (SSSR count). The van der Waals surface area contributed by atoms with Crippen molar-refractivity contribution in [1.29, 1.82) is 0 Å². The number of hydrogen-bond acceptors (Lipinski definition) is 5. The van der Waals surface area contributed by atoms with Crippen molar-refractivity contribution in [1.82, 2.24) is 19.8 Å². The van der Waals surface area contributed by atoms with Crippen molar-refractivity contribution >= 4 is 5.82 Å². The van der Waals surface area contributed by atoms with Gasteiger partial charge in [0.1, 0.15) is 11.6 Å². The maximum absolute atomic E-state index is 4.75. The number of likely N-dealkylation sites (N-methyl/N-ethyl adjacent to an activating group) is 2. The van der Waals surface area contributed by atoms with Crippen LogP contribution < -0.4 is 4.90 Å². The average molecular weight is 339 g/mol. The van der Waals surface area contributed by atoms with E-state index in [2.05, 4.69) is 66.2 Å². The van der Waals surface area contributed by atoms with Gasteiger partial charge < -0.3 is 9.80 Å². The standard InChI is InChI=1S/C20H29N5/c1-16-21-19-15-25(14-17-8-6-5-7-9-17)11-10-18(19)20(22-16)24(4)13-12-23(2)3/h5-9H,10-15H2,1-4H3. The van der Waals surface area contributed by atoms with Gasteiger partial charge in [-0.25, -0.2) is 9.97 Å². The molecule has 1 aliphatic rings. The second kappa shape index (κ2) is 7.93. The van der Waals surface area contributed by atoms with Gasteiger partial charge >= 0.3 is 0 Å². The summed E-state index contributed by atoms with van der Waals surface area (Å²) in [4.78, 5) is 16.5. The minimum atomic E-state index is 0.868. The first kappa shape index (κ1) is 17.8. The molecule has 1 aliphatic heterocycles. The molecule has 0 unspecified atom stereocenters. The van der Waals surface area contributed by atoms with E-state index in [4.69, 9.17) is 9.97 Å². The van der Waals surface area contributed by atoms with Crippen molar-refractivity contribution in [2.75, 3.05) is 45.7 Å². The van der Waals surface area contributed by atoms with Crippen LogP contribution in [0, 0.1) is 6.92 Å². The van der Waals surface area contributed by atoms with E-state index in [-0.39, 0.29) is 0 Å². The molecule has 134 valence electrons. The quantitative estimate of drug-likeness (QED) is 0.807. The molecule has 0 atom stereocenters. The first-order valence-corrected chi connectivity index (χ1v) is 9.01. The minimum Gasteiger partial charge on any atom is -0.358 e. The molecule has 2 heterocycles. The lowest BCUT2D eigenvalue weighted by Crippen LogP contribution is -2.35. The lowest BCUT2D eigenvalue weighted by Gasteiger charge is -2.31. The zero-order valence-electron chi connectivity index (χ0n) is 15.9. The lowest BCUT2D eigenvalue weighted by molar-refractivity contribution is 0.241. The van der Waals surface area contributed by atoms with Crippen molar-refractivity contribution in [2.45, 2.75) is 26.4 Å². The highest BCUT2D eigenvalue weighted by Crippen LogP contribution is 2.26. The predicted octanol–water partition coefficient (Wildman–Crippen LogP) is 2.34. The van der Waals surface area contributed by atoms with Crippen LogP contribution in [-0.2, 0) is 19.5 Å². The van der Waals surface area contributed by atoms with Crippen LogP contribution >= 0.6 is 0 Å². The highest BCUT2D eigenvalue weighted by molar-refractivity contribution is 5.49. The topological polar surface area (TPSA) is 35.5 Å². The van der Waals surface area contributed by atoms with Gasteiger partial charge in [0, 0.05) is 45.3 Å². The van der Waals surface area contributed by atoms with Crippen LogP contribution in [0.1, 0.15) is 22.6 Å². The molecule has 0 fully saturated rings. The van der Waals surface area contributed by atoms with Crippen LogP contribution in [0.25, 0.3) is 0 Å². The van der Waals surface area contributed by atoms with Gasteiger partial charge in [0.05, 0.1) is 5.69 Å². The normalized spacial score (nSPS) is 14.6. The Labute approximate surface area is 151 Å². The fraction of sp³-hybridized carbons (Fsp3) is 0.500. The van der Waals surface area contributed by atoms with Crippen molar-refractivity contribution < 1.29 is 0 Å². The predicted molar refractivity (Wildman–Crippen MR) is 103 cm³/mol. The van der Waals surface area contributed by atoms with Crippen LogP contribution in [0.5, 0.6) is 0 Å². The van der Waals surface area contributed by atoms with E-state index >= 15 is 0 Å². The SMILES string of the molecule is Cc1nc2c(c(N(C)CCN(C)C)n1)CCN(Cc1ccccc1)C2. The second-order valence-electron chi connectivity index (χ2n) is 7.19. The van der Waals surface area contributed by atoms with E-state index in [0.717, 1.165) is 50.8 Å². The molecule has 2 aromatic rings. The molecule has 0 aliphatic carbocycles. The number of hydrogen-bond donors (Lipinski definition) is 0. The van der Waals surface area contributed by atoms with Crippen LogP contribution in [0.15, 0.2) is 30.3 Å². The maximum Gasteiger partial charge on any atom is 0.135 e. The maximum atomic E-state index is 4.75. The number of anilines is 1. The third kappa shape index (κ3) is 4.55. The van der Waals surface area contributed by atoms with Gasteiger partial charge in [0.2, 0.25) is 0 Å². The molecule has 5 heteroatoms. The first-order valence-electron chi connectivity index (χ1n) is 9.01. The summed E-state index contributed by atoms with van der Waals surface area (Å²) in [6.07, 6.45) is 1.02. The summed E-state index contributed by atoms with van der Waals surface area (Å²) in [5.41, 5.74) is 3.89. The van der Waals surface area contributed by atoms with Gasteiger partial charge in [-0.1, -0.05) is 30.3 Å². The van der Waals surface area contributed by atoms with E-state index in [1.165, 1.54) is 16.8 Å². The molecular formula is C20H29N5. The largest absolute Gasteiger partial charge is 0.358 e. The van der Waals surface area contributed by atoms with Gasteiger partial charge in [0.15, 0.2) is 0 Å². The summed E-state index contributed by atoms with van der Waals surface area (Å²) >= 11 is 0. The summed E-state index contributed by atoms with van der Waals surface area (Å²) in [5, 5.41) is 0. The molecule has 1 aromatic carbocycles. The average Bonchev–Trinajstić information content (AvgIpc) is 2.59. The highest BCUT2D eigenvalue weighted by Gasteiger charge is 2.23. The van der Waals surface area contributed by atoms with Gasteiger partial charge in [-0.05, 0) is 33.0 Å². The van der Waals surface area contributed by atoms with Gasteiger partial charge in [-0.2, -0.15) is 0 Å². The molecule has 0 spiro atoms. The fourth-order valence-electron chi connectivity index (χ4n) is 3.33. The smallest absolute Gasteiger partial charge is 0.135 e. The molecule has 0 radical (unpaired) electrons. The molecule has 0 amide bonds. The molecule has 0 saturated carbocycles. The van der Waals surface area contributed by atoms with Crippen molar-refractivity contribution in [3.63, 3.8) is 0 Å². The Balaban J connectivity index is 1.76. The molecule has 1 aromatic heterocycles. The molecule has 25 heavy (non-hydrogen) atoms. The number of aryl methyl sites for hydroxylation is 1. The second-order valence-corrected chi connectivity index (χ2v) is 7.19. The number of nitrogens with zero attached hydrogens (tertiary/aromatic N) is 5. The zero-order valence-corrected chi connectivity index (χ0v) is 15.9. The molecule has 5 nitrogen and oxygen atoms in total. The summed E-state index contributed by atoms with van der Waals surface area (Å²) in [6.45, 7) is 6.94. The number of fused-ring (bicyclic) bond motifs is 1. The molecule has 0 saturated heterocycles. The Hall–Kier alpha value is -1.98. The first-order chi connectivity index (χ1) is 12.0. The van der Waals surface area contributed by atoms with Crippen molar-refractivity contribution in [3.8, 4) is 0 Å². The number of rotatable bonds is 6. The van der Waals surface area contributed by atoms with E-state index < -0.39 is 0 Å². The van der Waals surface area contributed by atoms with Crippen LogP contribution in [0.3, 0.4) is 0 Å². The fourth-order valence-corrected chi connectivity index (χ4v) is 3.33. The van der Waals surface area contributed by atoms with Crippen LogP contribution in [0.2, 0.25) is 0 Å². The Morgan fingerprint density at radius 2 is 1.80 bits per heavy atom. The molecular weight excluding hydrogens is 310 g/mol. The lowest BCUT2D eigenvalue weighted by atomic mass is 10.0. The summed E-state index contributed by atoms with van der Waals surface area (Å²) in [7, 11) is 6.36. The Bertz CT molecular complexity index is 699. The molecule has 0 N–H and O–H groups in total. The monoisotopic (exact) mass is 339 g/mol. The highest BCUT2D eigenvalue weighted by atomic mass is 15.2. The molecule has 0 bridgehead atoms. The minimum absolute atomic E-state index is 0.868. The zero-order chi connectivity index (χ0) is 17.8. The summed E-state index contributed by atoms with van der Waals surface area (Å²) in [6, 6.07) is 10.7. The van der Waals surface area contributed by atoms with Gasteiger partial charge in [-0.15, -0.1) is 0 Å². The van der Waals surface area contributed by atoms with Gasteiger partial charge in [-0.3, -0.25) is 4.90 Å². The Morgan fingerprint density at radius 1 is 1.04 bits per heavy atom. The summed E-state index contributed by atoms with van der Waals surface area (Å²) < 4.78 is 0. The third-order valence-corrected chi connectivity index (χ3v) is 4.73. The van der Waals surface area contributed by atoms with E-state index in [0.29, 0.717) is 0 Å². The third-order valence-electron chi connectivity index (χ3n) is 4.73. The summed E-state index contributed by atoms with van der Waals surface area (Å²) in [5.74, 6) is 1.98. The number of aromatic nitrogens is 2. The Kier molecular flexibility index (Phi) is 5.66. The van der Waals surface area contributed by atoms with E-state index in [1.54, 1.807) is 0 Å². The Morgan fingerprint density at radius 3 is 2.52 bits per heavy atom.